The fourth-order valence-corrected chi connectivity index (χ4v) is 2.46. The van der Waals surface area contributed by atoms with E-state index in [4.69, 9.17) is 10.5 Å². The third kappa shape index (κ3) is 6.23. The molecule has 27 heavy (non-hydrogen) atoms. The van der Waals surface area contributed by atoms with Gasteiger partial charge in [0.1, 0.15) is 5.82 Å². The van der Waals surface area contributed by atoms with Crippen molar-refractivity contribution in [1.29, 1.82) is 0 Å². The number of hydrogen-bond donors (Lipinski definition) is 2. The SMILES string of the molecule is CCC#CCN(Cc1ccc(F)cc1)c1ccc(NC(=O)OCC)c(N)c1. The van der Waals surface area contributed by atoms with Gasteiger partial charge >= 0.3 is 6.09 Å². The molecule has 1 amide bonds. The van der Waals surface area contributed by atoms with E-state index in [0.717, 1.165) is 17.7 Å². The molecule has 0 aliphatic carbocycles. The summed E-state index contributed by atoms with van der Waals surface area (Å²) in [6, 6.07) is 11.7. The van der Waals surface area contributed by atoms with Gasteiger partial charge in [0.05, 0.1) is 24.5 Å². The molecule has 2 aromatic rings. The van der Waals surface area contributed by atoms with Crippen LogP contribution in [0.2, 0.25) is 0 Å². The molecule has 0 unspecified atom stereocenters. The molecule has 0 aromatic heterocycles. The molecule has 0 saturated heterocycles. The Morgan fingerprint density at radius 3 is 2.56 bits per heavy atom. The standard InChI is InChI=1S/C21H24FN3O2/c1-3-5-6-13-25(15-16-7-9-17(22)10-8-16)18-11-12-20(19(23)14-18)24-21(26)27-4-2/h7-12,14H,3-4,13,15,23H2,1-2H3,(H,24,26). The molecule has 0 fully saturated rings. The van der Waals surface area contributed by atoms with Crippen molar-refractivity contribution in [2.45, 2.75) is 26.8 Å². The number of nitrogens with zero attached hydrogens (tertiary/aromatic N) is 1. The summed E-state index contributed by atoms with van der Waals surface area (Å²) >= 11 is 0. The lowest BCUT2D eigenvalue weighted by atomic mass is 10.1. The van der Waals surface area contributed by atoms with Gasteiger partial charge in [0.15, 0.2) is 0 Å². The highest BCUT2D eigenvalue weighted by molar-refractivity contribution is 5.89. The van der Waals surface area contributed by atoms with Crippen LogP contribution in [0.3, 0.4) is 0 Å². The van der Waals surface area contributed by atoms with Crippen molar-refractivity contribution >= 4 is 23.2 Å². The summed E-state index contributed by atoms with van der Waals surface area (Å²) in [4.78, 5) is 13.6. The Morgan fingerprint density at radius 2 is 1.93 bits per heavy atom. The van der Waals surface area contributed by atoms with Crippen molar-refractivity contribution in [3.8, 4) is 11.8 Å². The number of halogens is 1. The molecule has 0 saturated carbocycles. The third-order valence-electron chi connectivity index (χ3n) is 3.77. The van der Waals surface area contributed by atoms with E-state index in [1.165, 1.54) is 12.1 Å². The smallest absolute Gasteiger partial charge is 0.411 e. The van der Waals surface area contributed by atoms with Gasteiger partial charge in [0, 0.05) is 18.7 Å². The summed E-state index contributed by atoms with van der Waals surface area (Å²) in [5.74, 6) is 5.90. The van der Waals surface area contributed by atoms with Gasteiger partial charge in [0.25, 0.3) is 0 Å². The Hall–Kier alpha value is -3.20. The molecular formula is C21H24FN3O2. The number of nitrogens with one attached hydrogen (secondary N) is 1. The fraction of sp³-hybridized carbons (Fsp3) is 0.286. The molecular weight excluding hydrogens is 345 g/mol. The summed E-state index contributed by atoms with van der Waals surface area (Å²) in [5, 5.41) is 2.61. The zero-order valence-corrected chi connectivity index (χ0v) is 15.6. The molecule has 142 valence electrons. The minimum Gasteiger partial charge on any atom is -0.450 e. The van der Waals surface area contributed by atoms with Gasteiger partial charge < -0.3 is 15.4 Å². The number of benzene rings is 2. The maximum atomic E-state index is 13.2. The second-order valence-corrected chi connectivity index (χ2v) is 5.81. The molecule has 0 aliphatic heterocycles. The van der Waals surface area contributed by atoms with Crippen LogP contribution in [0.5, 0.6) is 0 Å². The minimum atomic E-state index is -0.547. The lowest BCUT2D eigenvalue weighted by Gasteiger charge is -2.23. The summed E-state index contributed by atoms with van der Waals surface area (Å²) in [6.07, 6.45) is 0.225. The fourth-order valence-electron chi connectivity index (χ4n) is 2.46. The van der Waals surface area contributed by atoms with Crippen molar-refractivity contribution in [1.82, 2.24) is 0 Å². The first kappa shape index (κ1) is 20.1. The van der Waals surface area contributed by atoms with Crippen LogP contribution in [0.15, 0.2) is 42.5 Å². The Labute approximate surface area is 159 Å². The topological polar surface area (TPSA) is 67.6 Å². The van der Waals surface area contributed by atoms with Crippen molar-refractivity contribution in [2.24, 2.45) is 0 Å². The van der Waals surface area contributed by atoms with Gasteiger partial charge in [-0.1, -0.05) is 25.0 Å². The van der Waals surface area contributed by atoms with Crippen LogP contribution in [0.25, 0.3) is 0 Å². The second kappa shape index (κ2) is 10.1. The van der Waals surface area contributed by atoms with Crippen LogP contribution < -0.4 is 16.0 Å². The maximum absolute atomic E-state index is 13.2. The number of anilines is 3. The van der Waals surface area contributed by atoms with Crippen molar-refractivity contribution in [2.75, 3.05) is 29.1 Å². The number of rotatable bonds is 6. The van der Waals surface area contributed by atoms with Crippen LogP contribution in [0.4, 0.5) is 26.2 Å². The molecule has 3 N–H and O–H groups in total. The molecule has 2 aromatic carbocycles. The molecule has 0 spiro atoms. The van der Waals surface area contributed by atoms with Crippen LogP contribution in [0, 0.1) is 17.7 Å². The lowest BCUT2D eigenvalue weighted by molar-refractivity contribution is 0.168. The average Bonchev–Trinajstić information content (AvgIpc) is 2.64. The number of carbonyl (C=O) groups excluding carboxylic acids is 1. The van der Waals surface area contributed by atoms with Gasteiger partial charge in [-0.2, -0.15) is 0 Å². The van der Waals surface area contributed by atoms with Crippen molar-refractivity contribution < 1.29 is 13.9 Å². The first-order valence-electron chi connectivity index (χ1n) is 8.81. The Bertz CT molecular complexity index is 826. The summed E-state index contributed by atoms with van der Waals surface area (Å²) in [5.41, 5.74) is 8.82. The number of nitrogen functional groups attached to an aromatic ring is 1. The number of nitrogens with two attached hydrogens (primary N) is 1. The monoisotopic (exact) mass is 369 g/mol. The van der Waals surface area contributed by atoms with Gasteiger partial charge in [-0.05, 0) is 42.8 Å². The largest absolute Gasteiger partial charge is 0.450 e. The molecule has 0 atom stereocenters. The quantitative estimate of drug-likeness (QED) is 0.585. The highest BCUT2D eigenvalue weighted by atomic mass is 19.1. The van der Waals surface area contributed by atoms with E-state index in [2.05, 4.69) is 17.2 Å². The van der Waals surface area contributed by atoms with Crippen LogP contribution >= 0.6 is 0 Å². The zero-order chi connectivity index (χ0) is 19.6. The highest BCUT2D eigenvalue weighted by Gasteiger charge is 2.11. The van der Waals surface area contributed by atoms with Crippen LogP contribution in [0.1, 0.15) is 25.8 Å². The Kier molecular flexibility index (Phi) is 7.50. The predicted molar refractivity (Wildman–Crippen MR) is 107 cm³/mol. The van der Waals surface area contributed by atoms with Gasteiger partial charge in [-0.15, -0.1) is 5.92 Å². The lowest BCUT2D eigenvalue weighted by Crippen LogP contribution is -2.23. The van der Waals surface area contributed by atoms with E-state index >= 15 is 0 Å². The maximum Gasteiger partial charge on any atom is 0.411 e. The number of ether oxygens (including phenoxy) is 1. The second-order valence-electron chi connectivity index (χ2n) is 5.81. The van der Waals surface area contributed by atoms with Crippen molar-refractivity contribution in [3.05, 3.63) is 53.8 Å². The molecule has 6 heteroatoms. The molecule has 0 heterocycles. The molecule has 0 aliphatic rings. The van der Waals surface area contributed by atoms with Gasteiger partial charge in [-0.3, -0.25) is 5.32 Å². The normalized spacial score (nSPS) is 9.89. The van der Waals surface area contributed by atoms with Crippen LogP contribution in [-0.4, -0.2) is 19.2 Å². The van der Waals surface area contributed by atoms with Gasteiger partial charge in [0.2, 0.25) is 0 Å². The number of carbonyl (C=O) groups is 1. The Morgan fingerprint density at radius 1 is 1.19 bits per heavy atom. The molecule has 0 radical (unpaired) electrons. The number of amides is 1. The molecule has 0 bridgehead atoms. The Balaban J connectivity index is 2.21. The summed E-state index contributed by atoms with van der Waals surface area (Å²) in [7, 11) is 0. The van der Waals surface area contributed by atoms with Crippen molar-refractivity contribution in [3.63, 3.8) is 0 Å². The first-order valence-corrected chi connectivity index (χ1v) is 8.81. The average molecular weight is 369 g/mol. The summed E-state index contributed by atoms with van der Waals surface area (Å²) in [6.45, 7) is 5.07. The predicted octanol–water partition coefficient (Wildman–Crippen LogP) is 4.40. The first-order chi connectivity index (χ1) is 13.0. The molecule has 2 rings (SSSR count). The molecule has 5 nitrogen and oxygen atoms in total. The highest BCUT2D eigenvalue weighted by Crippen LogP contribution is 2.26. The van der Waals surface area contributed by atoms with E-state index in [1.54, 1.807) is 31.2 Å². The van der Waals surface area contributed by atoms with E-state index in [1.807, 2.05) is 17.9 Å². The van der Waals surface area contributed by atoms with Crippen LogP contribution in [-0.2, 0) is 11.3 Å². The summed E-state index contributed by atoms with van der Waals surface area (Å²) < 4.78 is 18.0. The minimum absolute atomic E-state index is 0.269. The number of hydrogen-bond acceptors (Lipinski definition) is 4. The van der Waals surface area contributed by atoms with E-state index in [-0.39, 0.29) is 12.4 Å². The zero-order valence-electron chi connectivity index (χ0n) is 15.6. The van der Waals surface area contributed by atoms with E-state index in [9.17, 15) is 9.18 Å². The third-order valence-corrected chi connectivity index (χ3v) is 3.77. The van der Waals surface area contributed by atoms with E-state index in [0.29, 0.717) is 24.5 Å². The van der Waals surface area contributed by atoms with E-state index < -0.39 is 6.09 Å². The van der Waals surface area contributed by atoms with Gasteiger partial charge in [-0.25, -0.2) is 9.18 Å².